The molecule has 0 radical (unpaired) electrons. The molecule has 2 nitrogen and oxygen atoms in total. The second-order valence-corrected chi connectivity index (χ2v) is 5.38. The van der Waals surface area contributed by atoms with E-state index < -0.39 is 0 Å². The summed E-state index contributed by atoms with van der Waals surface area (Å²) in [5, 5.41) is 4.24. The molecule has 3 atom stereocenters. The molecule has 0 aromatic rings. The molecule has 0 amide bonds. The Morgan fingerprint density at radius 1 is 1.57 bits per heavy atom. The predicted molar refractivity (Wildman–Crippen MR) is 64.0 cm³/mol. The van der Waals surface area contributed by atoms with Crippen molar-refractivity contribution in [2.75, 3.05) is 18.9 Å². The van der Waals surface area contributed by atoms with E-state index in [9.17, 15) is 0 Å². The van der Waals surface area contributed by atoms with E-state index in [1.54, 1.807) is 0 Å². The quantitative estimate of drug-likeness (QED) is 0.690. The molecule has 84 valence electrons. The van der Waals surface area contributed by atoms with Crippen LogP contribution in [0.5, 0.6) is 0 Å². The third-order valence-electron chi connectivity index (χ3n) is 2.85. The van der Waals surface area contributed by atoms with Crippen molar-refractivity contribution < 1.29 is 4.74 Å². The van der Waals surface area contributed by atoms with Crippen LogP contribution in [-0.2, 0) is 4.74 Å². The van der Waals surface area contributed by atoms with Gasteiger partial charge < -0.3 is 10.1 Å². The van der Waals surface area contributed by atoms with Gasteiger partial charge in [-0.2, -0.15) is 11.8 Å². The van der Waals surface area contributed by atoms with Crippen LogP contribution in [0.3, 0.4) is 0 Å². The third-order valence-corrected chi connectivity index (χ3v) is 4.33. The highest BCUT2D eigenvalue weighted by Gasteiger charge is 2.23. The van der Waals surface area contributed by atoms with Gasteiger partial charge in [0.25, 0.3) is 0 Å². The largest absolute Gasteiger partial charge is 0.377 e. The van der Waals surface area contributed by atoms with Crippen LogP contribution in [0.2, 0.25) is 0 Å². The van der Waals surface area contributed by atoms with Crippen LogP contribution in [-0.4, -0.2) is 36.3 Å². The fourth-order valence-electron chi connectivity index (χ4n) is 1.59. The molecule has 3 unspecified atom stereocenters. The molecule has 1 N–H and O–H groups in total. The Kier molecular flexibility index (Phi) is 5.90. The van der Waals surface area contributed by atoms with Crippen molar-refractivity contribution in [3.63, 3.8) is 0 Å². The van der Waals surface area contributed by atoms with Crippen molar-refractivity contribution in [2.45, 2.75) is 51.0 Å². The molecule has 1 heterocycles. The summed E-state index contributed by atoms with van der Waals surface area (Å²) in [4.78, 5) is 0. The molecule has 1 fully saturated rings. The second-order valence-electron chi connectivity index (χ2n) is 4.04. The zero-order chi connectivity index (χ0) is 10.4. The Hall–Kier alpha value is 0.270. The minimum absolute atomic E-state index is 0.462. The number of thioether (sulfide) groups is 1. The molecule has 1 aliphatic rings. The summed E-state index contributed by atoms with van der Waals surface area (Å²) < 4.78 is 5.52. The van der Waals surface area contributed by atoms with Crippen molar-refractivity contribution in [3.05, 3.63) is 0 Å². The lowest BCUT2D eigenvalue weighted by atomic mass is 10.3. The Balaban J connectivity index is 1.98. The average molecular weight is 217 g/mol. The molecule has 1 rings (SSSR count). The van der Waals surface area contributed by atoms with Gasteiger partial charge in [-0.15, -0.1) is 0 Å². The van der Waals surface area contributed by atoms with Gasteiger partial charge in [-0.25, -0.2) is 0 Å². The van der Waals surface area contributed by atoms with E-state index in [1.807, 2.05) is 0 Å². The molecule has 0 aliphatic carbocycles. The summed E-state index contributed by atoms with van der Waals surface area (Å²) in [7, 11) is 0. The molecular formula is C11H23NOS. The SMILES string of the molecule is CCC(C)NCCSC1CCOC1C. The van der Waals surface area contributed by atoms with Crippen molar-refractivity contribution in [2.24, 2.45) is 0 Å². The molecule has 0 aromatic carbocycles. The lowest BCUT2D eigenvalue weighted by Crippen LogP contribution is -2.28. The van der Waals surface area contributed by atoms with Gasteiger partial charge in [-0.3, -0.25) is 0 Å². The highest BCUT2D eigenvalue weighted by Crippen LogP contribution is 2.25. The zero-order valence-corrected chi connectivity index (χ0v) is 10.4. The topological polar surface area (TPSA) is 21.3 Å². The maximum absolute atomic E-state index is 5.52. The molecule has 0 spiro atoms. The fraction of sp³-hybridized carbons (Fsp3) is 1.00. The van der Waals surface area contributed by atoms with E-state index >= 15 is 0 Å². The Morgan fingerprint density at radius 2 is 2.36 bits per heavy atom. The summed E-state index contributed by atoms with van der Waals surface area (Å²) >= 11 is 2.06. The average Bonchev–Trinajstić information content (AvgIpc) is 2.58. The van der Waals surface area contributed by atoms with E-state index in [1.165, 1.54) is 18.6 Å². The van der Waals surface area contributed by atoms with E-state index in [0.29, 0.717) is 12.1 Å². The zero-order valence-electron chi connectivity index (χ0n) is 9.58. The normalized spacial score (nSPS) is 29.4. The maximum Gasteiger partial charge on any atom is 0.0666 e. The number of hydrogen-bond acceptors (Lipinski definition) is 3. The van der Waals surface area contributed by atoms with E-state index in [-0.39, 0.29) is 0 Å². The summed E-state index contributed by atoms with van der Waals surface area (Å²) in [6.45, 7) is 8.73. The number of nitrogens with one attached hydrogen (secondary N) is 1. The first-order valence-electron chi connectivity index (χ1n) is 5.70. The molecular weight excluding hydrogens is 194 g/mol. The van der Waals surface area contributed by atoms with Gasteiger partial charge in [0.2, 0.25) is 0 Å². The molecule has 0 saturated carbocycles. The van der Waals surface area contributed by atoms with Gasteiger partial charge >= 0.3 is 0 Å². The fourth-order valence-corrected chi connectivity index (χ4v) is 2.74. The van der Waals surface area contributed by atoms with E-state index in [4.69, 9.17) is 4.74 Å². The van der Waals surface area contributed by atoms with Crippen LogP contribution < -0.4 is 5.32 Å². The smallest absolute Gasteiger partial charge is 0.0666 e. The van der Waals surface area contributed by atoms with Crippen molar-refractivity contribution in [3.8, 4) is 0 Å². The van der Waals surface area contributed by atoms with Gasteiger partial charge in [0.1, 0.15) is 0 Å². The summed E-state index contributed by atoms with van der Waals surface area (Å²) in [6, 6.07) is 0.660. The first-order chi connectivity index (χ1) is 6.74. The minimum atomic E-state index is 0.462. The number of hydrogen-bond donors (Lipinski definition) is 1. The molecule has 3 heteroatoms. The molecule has 14 heavy (non-hydrogen) atoms. The first-order valence-corrected chi connectivity index (χ1v) is 6.75. The van der Waals surface area contributed by atoms with Gasteiger partial charge in [0, 0.05) is 30.2 Å². The highest BCUT2D eigenvalue weighted by molar-refractivity contribution is 8.00. The van der Waals surface area contributed by atoms with Crippen LogP contribution in [0.15, 0.2) is 0 Å². The van der Waals surface area contributed by atoms with Crippen LogP contribution in [0.1, 0.15) is 33.6 Å². The lowest BCUT2D eigenvalue weighted by Gasteiger charge is -2.15. The van der Waals surface area contributed by atoms with Crippen LogP contribution in [0, 0.1) is 0 Å². The number of ether oxygens (including phenoxy) is 1. The van der Waals surface area contributed by atoms with Gasteiger partial charge in [-0.05, 0) is 26.7 Å². The van der Waals surface area contributed by atoms with E-state index in [2.05, 4.69) is 37.8 Å². The molecule has 0 aromatic heterocycles. The van der Waals surface area contributed by atoms with Crippen LogP contribution >= 0.6 is 11.8 Å². The molecule has 1 saturated heterocycles. The maximum atomic E-state index is 5.52. The van der Waals surface area contributed by atoms with E-state index in [0.717, 1.165) is 18.4 Å². The monoisotopic (exact) mass is 217 g/mol. The van der Waals surface area contributed by atoms with Crippen LogP contribution in [0.25, 0.3) is 0 Å². The van der Waals surface area contributed by atoms with Gasteiger partial charge in [0.05, 0.1) is 6.10 Å². The van der Waals surface area contributed by atoms with Crippen molar-refractivity contribution in [1.29, 1.82) is 0 Å². The third kappa shape index (κ3) is 4.20. The Morgan fingerprint density at radius 3 is 2.93 bits per heavy atom. The Labute approximate surface area is 92.2 Å². The summed E-state index contributed by atoms with van der Waals surface area (Å²) in [5.74, 6) is 1.21. The summed E-state index contributed by atoms with van der Waals surface area (Å²) in [6.07, 6.45) is 2.91. The highest BCUT2D eigenvalue weighted by atomic mass is 32.2. The van der Waals surface area contributed by atoms with Crippen molar-refractivity contribution >= 4 is 11.8 Å². The first kappa shape index (κ1) is 12.3. The molecule has 1 aliphatic heterocycles. The second kappa shape index (κ2) is 6.70. The standard InChI is InChI=1S/C11H23NOS/c1-4-9(2)12-6-8-14-11-5-7-13-10(11)3/h9-12H,4-8H2,1-3H3. The molecule has 0 bridgehead atoms. The Bertz CT molecular complexity index is 154. The van der Waals surface area contributed by atoms with Gasteiger partial charge in [-0.1, -0.05) is 6.92 Å². The van der Waals surface area contributed by atoms with Gasteiger partial charge in [0.15, 0.2) is 0 Å². The number of rotatable bonds is 6. The predicted octanol–water partition coefficient (Wildman–Crippen LogP) is 2.29. The lowest BCUT2D eigenvalue weighted by molar-refractivity contribution is 0.127. The minimum Gasteiger partial charge on any atom is -0.377 e. The summed E-state index contributed by atoms with van der Waals surface area (Å²) in [5.41, 5.74) is 0. The van der Waals surface area contributed by atoms with Crippen molar-refractivity contribution in [1.82, 2.24) is 5.32 Å². The van der Waals surface area contributed by atoms with Crippen LogP contribution in [0.4, 0.5) is 0 Å².